The molecular formula is C14H25NO4. The minimum atomic E-state index is -0.148. The molecule has 0 radical (unpaired) electrons. The van der Waals surface area contributed by atoms with Crippen molar-refractivity contribution in [2.75, 3.05) is 40.0 Å². The van der Waals surface area contributed by atoms with Crippen molar-refractivity contribution >= 4 is 5.97 Å². The van der Waals surface area contributed by atoms with Crippen LogP contribution in [0.3, 0.4) is 0 Å². The first-order valence-electron chi connectivity index (χ1n) is 7.30. The van der Waals surface area contributed by atoms with Gasteiger partial charge in [-0.3, -0.25) is 9.69 Å². The number of hydrogen-bond acceptors (Lipinski definition) is 5. The number of esters is 1. The number of carbonyl (C=O) groups excluding carboxylic acids is 1. The molecule has 2 fully saturated rings. The van der Waals surface area contributed by atoms with Crippen LogP contribution in [-0.2, 0) is 19.0 Å². The van der Waals surface area contributed by atoms with Crippen LogP contribution >= 0.6 is 0 Å². The summed E-state index contributed by atoms with van der Waals surface area (Å²) in [7, 11) is 1.44. The number of carbonyl (C=O) groups is 1. The van der Waals surface area contributed by atoms with Crippen molar-refractivity contribution in [1.82, 2.24) is 4.90 Å². The van der Waals surface area contributed by atoms with Crippen molar-refractivity contribution in [2.45, 2.75) is 44.3 Å². The standard InChI is InChI=1S/C14H25NO4/c1-17-14(16)6-7-15(10-12-4-2-8-18-12)11-13-5-3-9-19-13/h12-13H,2-11H2,1H3. The lowest BCUT2D eigenvalue weighted by molar-refractivity contribution is -0.141. The summed E-state index contributed by atoms with van der Waals surface area (Å²) < 4.78 is 16.1. The van der Waals surface area contributed by atoms with Crippen LogP contribution < -0.4 is 0 Å². The summed E-state index contributed by atoms with van der Waals surface area (Å²) in [6.45, 7) is 4.27. The van der Waals surface area contributed by atoms with Crippen molar-refractivity contribution in [1.29, 1.82) is 0 Å². The van der Waals surface area contributed by atoms with E-state index in [-0.39, 0.29) is 5.97 Å². The summed E-state index contributed by atoms with van der Waals surface area (Å²) in [6.07, 6.45) is 5.62. The Kier molecular flexibility index (Phi) is 6.07. The number of nitrogens with zero attached hydrogens (tertiary/aromatic N) is 1. The summed E-state index contributed by atoms with van der Waals surface area (Å²) in [4.78, 5) is 13.6. The average molecular weight is 271 g/mol. The zero-order valence-electron chi connectivity index (χ0n) is 11.8. The highest BCUT2D eigenvalue weighted by molar-refractivity contribution is 5.69. The van der Waals surface area contributed by atoms with Crippen molar-refractivity contribution in [3.8, 4) is 0 Å². The van der Waals surface area contributed by atoms with Crippen LogP contribution in [0.2, 0.25) is 0 Å². The lowest BCUT2D eigenvalue weighted by Gasteiger charge is -2.27. The molecule has 0 bridgehead atoms. The molecule has 0 N–H and O–H groups in total. The molecule has 2 aliphatic rings. The van der Waals surface area contributed by atoms with Crippen LogP contribution in [-0.4, -0.2) is 63.0 Å². The number of methoxy groups -OCH3 is 1. The molecule has 110 valence electrons. The Hall–Kier alpha value is -0.650. The molecule has 0 saturated carbocycles. The summed E-state index contributed by atoms with van der Waals surface area (Å²) in [5.74, 6) is -0.148. The molecule has 5 heteroatoms. The minimum absolute atomic E-state index is 0.148. The van der Waals surface area contributed by atoms with Gasteiger partial charge in [0.05, 0.1) is 25.7 Å². The summed E-state index contributed by atoms with van der Waals surface area (Å²) in [5, 5.41) is 0. The van der Waals surface area contributed by atoms with Crippen molar-refractivity contribution in [3.05, 3.63) is 0 Å². The maximum atomic E-state index is 11.3. The normalized spacial score (nSPS) is 27.1. The van der Waals surface area contributed by atoms with Crippen molar-refractivity contribution in [3.63, 3.8) is 0 Å². The molecule has 0 aliphatic carbocycles. The molecule has 0 aromatic heterocycles. The van der Waals surface area contributed by atoms with Crippen LogP contribution in [0.1, 0.15) is 32.1 Å². The van der Waals surface area contributed by atoms with Gasteiger partial charge in [-0.05, 0) is 25.7 Å². The summed E-state index contributed by atoms with van der Waals surface area (Å²) >= 11 is 0. The van der Waals surface area contributed by atoms with Gasteiger partial charge in [0.1, 0.15) is 0 Å². The first-order valence-corrected chi connectivity index (χ1v) is 7.30. The zero-order valence-corrected chi connectivity index (χ0v) is 11.8. The Morgan fingerprint density at radius 3 is 2.16 bits per heavy atom. The molecule has 0 aromatic carbocycles. The largest absolute Gasteiger partial charge is 0.469 e. The Morgan fingerprint density at radius 2 is 1.74 bits per heavy atom. The second-order valence-electron chi connectivity index (χ2n) is 5.36. The second-order valence-corrected chi connectivity index (χ2v) is 5.36. The van der Waals surface area contributed by atoms with E-state index in [2.05, 4.69) is 4.90 Å². The topological polar surface area (TPSA) is 48.0 Å². The molecule has 2 rings (SSSR count). The highest BCUT2D eigenvalue weighted by Gasteiger charge is 2.24. The molecule has 2 saturated heterocycles. The number of ether oxygens (including phenoxy) is 3. The maximum Gasteiger partial charge on any atom is 0.306 e. The summed E-state index contributed by atoms with van der Waals surface area (Å²) in [5.41, 5.74) is 0. The van der Waals surface area contributed by atoms with Gasteiger partial charge >= 0.3 is 5.97 Å². The van der Waals surface area contributed by atoms with Crippen molar-refractivity contribution < 1.29 is 19.0 Å². The van der Waals surface area contributed by atoms with E-state index in [4.69, 9.17) is 14.2 Å². The molecule has 2 atom stereocenters. The van der Waals surface area contributed by atoms with E-state index in [0.29, 0.717) is 18.6 Å². The fourth-order valence-electron chi connectivity index (χ4n) is 2.76. The van der Waals surface area contributed by atoms with E-state index < -0.39 is 0 Å². The van der Waals surface area contributed by atoms with E-state index in [0.717, 1.165) is 58.5 Å². The Balaban J connectivity index is 1.77. The lowest BCUT2D eigenvalue weighted by Crippen LogP contribution is -2.39. The Bertz CT molecular complexity index is 255. The van der Waals surface area contributed by atoms with Crippen LogP contribution in [0.5, 0.6) is 0 Å². The van der Waals surface area contributed by atoms with E-state index in [9.17, 15) is 4.79 Å². The van der Waals surface area contributed by atoms with E-state index in [1.165, 1.54) is 7.11 Å². The lowest BCUT2D eigenvalue weighted by atomic mass is 10.2. The van der Waals surface area contributed by atoms with Gasteiger partial charge in [0, 0.05) is 32.8 Å². The van der Waals surface area contributed by atoms with Gasteiger partial charge in [-0.15, -0.1) is 0 Å². The average Bonchev–Trinajstić information content (AvgIpc) is 3.08. The fourth-order valence-corrected chi connectivity index (χ4v) is 2.76. The van der Waals surface area contributed by atoms with Gasteiger partial charge in [0.15, 0.2) is 0 Å². The maximum absolute atomic E-state index is 11.3. The zero-order chi connectivity index (χ0) is 13.5. The smallest absolute Gasteiger partial charge is 0.306 e. The van der Waals surface area contributed by atoms with Crippen LogP contribution in [0, 0.1) is 0 Å². The molecule has 0 aromatic rings. The third-order valence-electron chi connectivity index (χ3n) is 3.83. The molecule has 0 spiro atoms. The number of rotatable bonds is 7. The molecular weight excluding hydrogens is 246 g/mol. The predicted molar refractivity (Wildman–Crippen MR) is 71.0 cm³/mol. The van der Waals surface area contributed by atoms with Gasteiger partial charge in [-0.25, -0.2) is 0 Å². The first kappa shape index (κ1) is 14.8. The van der Waals surface area contributed by atoms with E-state index in [1.54, 1.807) is 0 Å². The molecule has 19 heavy (non-hydrogen) atoms. The van der Waals surface area contributed by atoms with Gasteiger partial charge in [0.25, 0.3) is 0 Å². The van der Waals surface area contributed by atoms with Gasteiger partial charge in [-0.1, -0.05) is 0 Å². The van der Waals surface area contributed by atoms with Gasteiger partial charge in [-0.2, -0.15) is 0 Å². The fraction of sp³-hybridized carbons (Fsp3) is 0.929. The molecule has 2 heterocycles. The molecule has 0 amide bonds. The number of hydrogen-bond donors (Lipinski definition) is 0. The first-order chi connectivity index (χ1) is 9.28. The van der Waals surface area contributed by atoms with Crippen LogP contribution in [0.4, 0.5) is 0 Å². The second kappa shape index (κ2) is 7.82. The monoisotopic (exact) mass is 271 g/mol. The predicted octanol–water partition coefficient (Wildman–Crippen LogP) is 1.21. The van der Waals surface area contributed by atoms with Gasteiger partial charge < -0.3 is 14.2 Å². The molecule has 2 aliphatic heterocycles. The van der Waals surface area contributed by atoms with E-state index >= 15 is 0 Å². The minimum Gasteiger partial charge on any atom is -0.469 e. The highest BCUT2D eigenvalue weighted by Crippen LogP contribution is 2.17. The third kappa shape index (κ3) is 5.09. The molecule has 2 unspecified atom stereocenters. The van der Waals surface area contributed by atoms with Gasteiger partial charge in [0.2, 0.25) is 0 Å². The van der Waals surface area contributed by atoms with Crippen LogP contribution in [0.15, 0.2) is 0 Å². The summed E-state index contributed by atoms with van der Waals surface area (Å²) in [6, 6.07) is 0. The quantitative estimate of drug-likeness (QED) is 0.651. The SMILES string of the molecule is COC(=O)CCN(CC1CCCO1)CC1CCCO1. The molecule has 5 nitrogen and oxygen atoms in total. The van der Waals surface area contributed by atoms with E-state index in [1.807, 2.05) is 0 Å². The van der Waals surface area contributed by atoms with Crippen molar-refractivity contribution in [2.24, 2.45) is 0 Å². The third-order valence-corrected chi connectivity index (χ3v) is 3.83. The Morgan fingerprint density at radius 1 is 1.16 bits per heavy atom. The Labute approximate surface area is 115 Å². The van der Waals surface area contributed by atoms with Crippen LogP contribution in [0.25, 0.3) is 0 Å². The highest BCUT2D eigenvalue weighted by atomic mass is 16.5.